The number of amides is 1. The first kappa shape index (κ1) is 12.4. The molecule has 16 heavy (non-hydrogen) atoms. The topological polar surface area (TPSA) is 72.2 Å². The number of nitrogens with zero attached hydrogens (tertiary/aromatic N) is 1. The predicted octanol–water partition coefficient (Wildman–Crippen LogP) is 2.77. The molecule has 1 amide bonds. The molecule has 1 aromatic carbocycles. The van der Waals surface area contributed by atoms with Crippen LogP contribution in [0.4, 0.5) is 11.4 Å². The predicted molar refractivity (Wildman–Crippen MR) is 61.8 cm³/mol. The van der Waals surface area contributed by atoms with Gasteiger partial charge in [0.05, 0.1) is 4.92 Å². The van der Waals surface area contributed by atoms with E-state index in [0.717, 1.165) is 0 Å². The van der Waals surface area contributed by atoms with Crippen LogP contribution in [0.1, 0.15) is 19.4 Å². The normalized spacial score (nSPS) is 9.94. The summed E-state index contributed by atoms with van der Waals surface area (Å²) in [5.74, 6) is -0.236. The lowest BCUT2D eigenvalue weighted by Crippen LogP contribution is -2.08. The van der Waals surface area contributed by atoms with Crippen LogP contribution in [0.25, 0.3) is 0 Å². The lowest BCUT2D eigenvalue weighted by Gasteiger charge is -2.08. The van der Waals surface area contributed by atoms with E-state index < -0.39 is 4.92 Å². The van der Waals surface area contributed by atoms with E-state index in [1.165, 1.54) is 19.1 Å². The van der Waals surface area contributed by atoms with Gasteiger partial charge in [0.1, 0.15) is 5.02 Å². The average molecular weight is 243 g/mol. The highest BCUT2D eigenvalue weighted by Gasteiger charge is 2.16. The van der Waals surface area contributed by atoms with Crippen LogP contribution in [-0.4, -0.2) is 10.8 Å². The van der Waals surface area contributed by atoms with Gasteiger partial charge in [-0.25, -0.2) is 0 Å². The van der Waals surface area contributed by atoms with Crippen molar-refractivity contribution in [1.82, 2.24) is 0 Å². The van der Waals surface area contributed by atoms with Gasteiger partial charge in [0.25, 0.3) is 5.69 Å². The zero-order valence-corrected chi connectivity index (χ0v) is 9.67. The van der Waals surface area contributed by atoms with Crippen molar-refractivity contribution in [3.05, 3.63) is 32.8 Å². The number of halogens is 1. The highest BCUT2D eigenvalue weighted by Crippen LogP contribution is 2.31. The average Bonchev–Trinajstić information content (AvgIpc) is 2.16. The Labute approximate surface area is 97.6 Å². The summed E-state index contributed by atoms with van der Waals surface area (Å²) in [6.45, 7) is 3.22. The van der Waals surface area contributed by atoms with E-state index >= 15 is 0 Å². The van der Waals surface area contributed by atoms with Gasteiger partial charge >= 0.3 is 0 Å². The summed E-state index contributed by atoms with van der Waals surface area (Å²) in [5.41, 5.74) is 1.06. The Hall–Kier alpha value is -1.62. The van der Waals surface area contributed by atoms with E-state index in [4.69, 9.17) is 11.6 Å². The molecule has 0 aliphatic rings. The molecule has 1 aromatic rings. The first-order valence-corrected chi connectivity index (χ1v) is 5.08. The number of rotatable bonds is 3. The number of hydrogen-bond acceptors (Lipinski definition) is 3. The molecule has 0 atom stereocenters. The Morgan fingerprint density at radius 2 is 2.19 bits per heavy atom. The fraction of sp³-hybridized carbons (Fsp3) is 0.300. The molecule has 0 spiro atoms. The van der Waals surface area contributed by atoms with Crippen LogP contribution < -0.4 is 5.32 Å². The van der Waals surface area contributed by atoms with Gasteiger partial charge in [-0.2, -0.15) is 0 Å². The van der Waals surface area contributed by atoms with Gasteiger partial charge in [0, 0.05) is 18.7 Å². The molecular formula is C10H11ClN2O3. The quantitative estimate of drug-likeness (QED) is 0.654. The molecule has 0 heterocycles. The van der Waals surface area contributed by atoms with Crippen LogP contribution in [0, 0.1) is 10.1 Å². The summed E-state index contributed by atoms with van der Waals surface area (Å²) >= 11 is 5.74. The van der Waals surface area contributed by atoms with Gasteiger partial charge in [0.15, 0.2) is 0 Å². The molecule has 0 unspecified atom stereocenters. The molecule has 0 bridgehead atoms. The zero-order chi connectivity index (χ0) is 12.3. The summed E-state index contributed by atoms with van der Waals surface area (Å²) < 4.78 is 0. The van der Waals surface area contributed by atoms with E-state index in [0.29, 0.717) is 17.7 Å². The van der Waals surface area contributed by atoms with E-state index in [9.17, 15) is 14.9 Å². The lowest BCUT2D eigenvalue weighted by molar-refractivity contribution is -0.384. The number of hydrogen-bond donors (Lipinski definition) is 1. The summed E-state index contributed by atoms with van der Waals surface area (Å²) in [6.07, 6.45) is 0.577. The van der Waals surface area contributed by atoms with Crippen LogP contribution in [0.2, 0.25) is 5.02 Å². The van der Waals surface area contributed by atoms with Crippen LogP contribution in [0.5, 0.6) is 0 Å². The van der Waals surface area contributed by atoms with Gasteiger partial charge in [-0.15, -0.1) is 0 Å². The largest absolute Gasteiger partial charge is 0.326 e. The Kier molecular flexibility index (Phi) is 3.84. The minimum atomic E-state index is -0.543. The SMILES string of the molecule is CCc1cc([N+](=O)[O-])c(Cl)cc1NC(C)=O. The first-order valence-electron chi connectivity index (χ1n) is 4.70. The van der Waals surface area contributed by atoms with Crippen molar-refractivity contribution in [3.63, 3.8) is 0 Å². The molecule has 0 saturated carbocycles. The van der Waals surface area contributed by atoms with Crippen molar-refractivity contribution in [2.45, 2.75) is 20.3 Å². The minimum absolute atomic E-state index is 0.0194. The number of nitro groups is 1. The highest BCUT2D eigenvalue weighted by atomic mass is 35.5. The Balaban J connectivity index is 3.26. The van der Waals surface area contributed by atoms with Gasteiger partial charge in [0.2, 0.25) is 5.91 Å². The first-order chi connectivity index (χ1) is 7.45. The van der Waals surface area contributed by atoms with Crippen molar-refractivity contribution < 1.29 is 9.72 Å². The molecule has 0 aliphatic carbocycles. The molecule has 0 radical (unpaired) electrons. The van der Waals surface area contributed by atoms with Gasteiger partial charge in [-0.05, 0) is 18.1 Å². The molecule has 1 N–H and O–H groups in total. The molecule has 86 valence electrons. The van der Waals surface area contributed by atoms with Crippen molar-refractivity contribution in [1.29, 1.82) is 0 Å². The van der Waals surface area contributed by atoms with Crippen LogP contribution >= 0.6 is 11.6 Å². The maximum atomic E-state index is 10.9. The smallest absolute Gasteiger partial charge is 0.288 e. The lowest BCUT2D eigenvalue weighted by atomic mass is 10.1. The molecule has 0 aliphatic heterocycles. The Morgan fingerprint density at radius 3 is 2.62 bits per heavy atom. The number of carbonyl (C=O) groups excluding carboxylic acids is 1. The second-order valence-electron chi connectivity index (χ2n) is 3.25. The number of anilines is 1. The second-order valence-corrected chi connectivity index (χ2v) is 3.66. The van der Waals surface area contributed by atoms with E-state index in [1.54, 1.807) is 0 Å². The fourth-order valence-corrected chi connectivity index (χ4v) is 1.58. The molecule has 0 fully saturated rings. The third kappa shape index (κ3) is 2.70. The van der Waals surface area contributed by atoms with E-state index in [1.807, 2.05) is 6.92 Å². The monoisotopic (exact) mass is 242 g/mol. The number of nitrogens with one attached hydrogen (secondary N) is 1. The van der Waals surface area contributed by atoms with E-state index in [-0.39, 0.29) is 16.6 Å². The second kappa shape index (κ2) is 4.94. The molecule has 1 rings (SSSR count). The van der Waals surface area contributed by atoms with Crippen LogP contribution in [-0.2, 0) is 11.2 Å². The highest BCUT2D eigenvalue weighted by molar-refractivity contribution is 6.33. The maximum absolute atomic E-state index is 10.9. The molecule has 0 aromatic heterocycles. The standard InChI is InChI=1S/C10H11ClN2O3/c1-3-7-4-10(13(15)16)8(11)5-9(7)12-6(2)14/h4-5H,3H2,1-2H3,(H,12,14). The fourth-order valence-electron chi connectivity index (χ4n) is 1.34. The van der Waals surface area contributed by atoms with Gasteiger partial charge in [-0.1, -0.05) is 18.5 Å². The van der Waals surface area contributed by atoms with Crippen molar-refractivity contribution in [2.24, 2.45) is 0 Å². The third-order valence-electron chi connectivity index (χ3n) is 2.06. The van der Waals surface area contributed by atoms with E-state index in [2.05, 4.69) is 5.32 Å². The molecule has 6 heteroatoms. The molecule has 5 nitrogen and oxygen atoms in total. The molecular weight excluding hydrogens is 232 g/mol. The van der Waals surface area contributed by atoms with Gasteiger partial charge < -0.3 is 5.32 Å². The minimum Gasteiger partial charge on any atom is -0.326 e. The molecule has 0 saturated heterocycles. The number of carbonyl (C=O) groups is 1. The zero-order valence-electron chi connectivity index (χ0n) is 8.91. The summed E-state index contributed by atoms with van der Waals surface area (Å²) in [5, 5.41) is 13.3. The van der Waals surface area contributed by atoms with Crippen molar-refractivity contribution in [2.75, 3.05) is 5.32 Å². The third-order valence-corrected chi connectivity index (χ3v) is 2.36. The van der Waals surface area contributed by atoms with Crippen molar-refractivity contribution >= 4 is 28.9 Å². The number of nitro benzene ring substituents is 1. The number of aryl methyl sites for hydroxylation is 1. The van der Waals surface area contributed by atoms with Crippen LogP contribution in [0.15, 0.2) is 12.1 Å². The maximum Gasteiger partial charge on any atom is 0.288 e. The Bertz CT molecular complexity index is 446. The summed E-state index contributed by atoms with van der Waals surface area (Å²) in [6, 6.07) is 2.79. The summed E-state index contributed by atoms with van der Waals surface area (Å²) in [7, 11) is 0. The van der Waals surface area contributed by atoms with Crippen molar-refractivity contribution in [3.8, 4) is 0 Å². The summed E-state index contributed by atoms with van der Waals surface area (Å²) in [4.78, 5) is 21.0. The van der Waals surface area contributed by atoms with Crippen LogP contribution in [0.3, 0.4) is 0 Å². The Morgan fingerprint density at radius 1 is 1.56 bits per heavy atom. The van der Waals surface area contributed by atoms with Gasteiger partial charge in [-0.3, -0.25) is 14.9 Å². The number of benzene rings is 1.